The third-order valence-corrected chi connectivity index (χ3v) is 5.52. The monoisotopic (exact) mass is 546 g/mol. The molecule has 0 saturated carbocycles. The Labute approximate surface area is 199 Å². The number of thiazole rings is 1. The Kier molecular flexibility index (Phi) is 11.1. The molecule has 7 nitrogen and oxygen atoms in total. The van der Waals surface area contributed by atoms with Gasteiger partial charge >= 0.3 is 5.97 Å². The zero-order valence-corrected chi connectivity index (χ0v) is 21.5. The van der Waals surface area contributed by atoms with E-state index in [0.29, 0.717) is 29.7 Å². The standard InChI is InChI=1S/C21H30N4O3S.HI/c1-7-27-20(26)18-15(4)24-19(29-18)16(5)25-21(22-6)23-12-14(3)28-17-11-9-8-10-13(17)2;/h8-11,14,16H,7,12H2,1-6H3,(H2,22,23,25);1H. The molecule has 2 aromatic rings. The van der Waals surface area contributed by atoms with Gasteiger partial charge in [-0.1, -0.05) is 18.2 Å². The third-order valence-electron chi connectivity index (χ3n) is 4.20. The van der Waals surface area contributed by atoms with E-state index in [1.54, 1.807) is 14.0 Å². The Morgan fingerprint density at radius 1 is 1.27 bits per heavy atom. The van der Waals surface area contributed by atoms with E-state index < -0.39 is 0 Å². The molecule has 0 aliphatic carbocycles. The fourth-order valence-electron chi connectivity index (χ4n) is 2.64. The summed E-state index contributed by atoms with van der Waals surface area (Å²) in [5.41, 5.74) is 1.78. The summed E-state index contributed by atoms with van der Waals surface area (Å²) < 4.78 is 11.1. The zero-order chi connectivity index (χ0) is 21.4. The summed E-state index contributed by atoms with van der Waals surface area (Å²) >= 11 is 1.34. The molecule has 0 spiro atoms. The van der Waals surface area contributed by atoms with Crippen molar-refractivity contribution in [2.75, 3.05) is 20.2 Å². The largest absolute Gasteiger partial charge is 0.489 e. The van der Waals surface area contributed by atoms with Crippen molar-refractivity contribution in [3.05, 3.63) is 45.4 Å². The number of para-hydroxylation sites is 1. The van der Waals surface area contributed by atoms with Gasteiger partial charge in [-0.3, -0.25) is 4.99 Å². The number of guanidine groups is 1. The van der Waals surface area contributed by atoms with Crippen LogP contribution in [0.1, 0.15) is 52.7 Å². The highest BCUT2D eigenvalue weighted by Crippen LogP contribution is 2.24. The van der Waals surface area contributed by atoms with Crippen LogP contribution in [0.25, 0.3) is 0 Å². The normalized spacial score (nSPS) is 13.1. The summed E-state index contributed by atoms with van der Waals surface area (Å²) in [5.74, 6) is 1.19. The van der Waals surface area contributed by atoms with Crippen molar-refractivity contribution in [1.82, 2.24) is 15.6 Å². The van der Waals surface area contributed by atoms with Crippen LogP contribution in [0.5, 0.6) is 5.75 Å². The molecule has 1 aromatic carbocycles. The SMILES string of the molecule is CCOC(=O)c1sc(C(C)NC(=NC)NCC(C)Oc2ccccc2C)nc1C.I. The minimum absolute atomic E-state index is 0. The lowest BCUT2D eigenvalue weighted by atomic mass is 10.2. The topological polar surface area (TPSA) is 84.8 Å². The van der Waals surface area contributed by atoms with E-state index in [1.807, 2.05) is 52.0 Å². The quantitative estimate of drug-likeness (QED) is 0.223. The van der Waals surface area contributed by atoms with Gasteiger partial charge in [0.15, 0.2) is 5.96 Å². The number of aryl methyl sites for hydroxylation is 2. The number of hydrogen-bond donors (Lipinski definition) is 2. The first kappa shape index (κ1) is 26.2. The number of esters is 1. The summed E-state index contributed by atoms with van der Waals surface area (Å²) in [7, 11) is 1.71. The predicted octanol–water partition coefficient (Wildman–Crippen LogP) is 4.25. The van der Waals surface area contributed by atoms with Gasteiger partial charge in [0.05, 0.1) is 24.9 Å². The molecule has 1 heterocycles. The minimum atomic E-state index is -0.328. The average molecular weight is 546 g/mol. The Morgan fingerprint density at radius 2 is 1.97 bits per heavy atom. The summed E-state index contributed by atoms with van der Waals surface area (Å²) in [6, 6.07) is 7.84. The fraction of sp³-hybridized carbons (Fsp3) is 0.476. The highest BCUT2D eigenvalue weighted by atomic mass is 127. The van der Waals surface area contributed by atoms with Gasteiger partial charge in [-0.25, -0.2) is 9.78 Å². The first-order valence-corrected chi connectivity index (χ1v) is 10.5. The van der Waals surface area contributed by atoms with Gasteiger partial charge in [-0.15, -0.1) is 35.3 Å². The van der Waals surface area contributed by atoms with Gasteiger partial charge in [0.25, 0.3) is 0 Å². The molecule has 30 heavy (non-hydrogen) atoms. The molecule has 0 saturated heterocycles. The maximum Gasteiger partial charge on any atom is 0.350 e. The van der Waals surface area contributed by atoms with Crippen molar-refractivity contribution in [2.24, 2.45) is 4.99 Å². The Bertz CT molecular complexity index is 857. The second-order valence-electron chi connectivity index (χ2n) is 6.70. The lowest BCUT2D eigenvalue weighted by Crippen LogP contribution is -2.42. The van der Waals surface area contributed by atoms with E-state index in [0.717, 1.165) is 16.3 Å². The Balaban J connectivity index is 0.00000450. The number of carbonyl (C=O) groups is 1. The number of rotatable bonds is 8. The molecular weight excluding hydrogens is 515 g/mol. The first-order chi connectivity index (χ1) is 13.8. The number of nitrogens with zero attached hydrogens (tertiary/aromatic N) is 2. The van der Waals surface area contributed by atoms with Gasteiger partial charge < -0.3 is 20.1 Å². The fourth-order valence-corrected chi connectivity index (χ4v) is 3.60. The number of hydrogen-bond acceptors (Lipinski definition) is 6. The van der Waals surface area contributed by atoms with E-state index in [-0.39, 0.29) is 42.1 Å². The van der Waals surface area contributed by atoms with Crippen molar-refractivity contribution in [3.63, 3.8) is 0 Å². The van der Waals surface area contributed by atoms with Crippen LogP contribution in [-0.4, -0.2) is 43.2 Å². The van der Waals surface area contributed by atoms with Crippen LogP contribution < -0.4 is 15.4 Å². The number of aromatic nitrogens is 1. The van der Waals surface area contributed by atoms with E-state index in [4.69, 9.17) is 9.47 Å². The summed E-state index contributed by atoms with van der Waals surface area (Å²) in [6.07, 6.45) is -0.0394. The molecule has 166 valence electrons. The number of aliphatic imine (C=N–C) groups is 1. The van der Waals surface area contributed by atoms with Crippen molar-refractivity contribution in [2.45, 2.75) is 46.8 Å². The van der Waals surface area contributed by atoms with E-state index in [2.05, 4.69) is 20.6 Å². The molecule has 2 atom stereocenters. The highest BCUT2D eigenvalue weighted by molar-refractivity contribution is 14.0. The van der Waals surface area contributed by atoms with Crippen molar-refractivity contribution < 1.29 is 14.3 Å². The summed E-state index contributed by atoms with van der Waals surface area (Å²) in [4.78, 5) is 21.3. The van der Waals surface area contributed by atoms with Gasteiger partial charge in [-0.05, 0) is 46.2 Å². The first-order valence-electron chi connectivity index (χ1n) is 9.69. The predicted molar refractivity (Wildman–Crippen MR) is 132 cm³/mol. The van der Waals surface area contributed by atoms with E-state index >= 15 is 0 Å². The molecule has 0 bridgehead atoms. The van der Waals surface area contributed by atoms with Gasteiger partial charge in [-0.2, -0.15) is 0 Å². The Hall–Kier alpha value is -1.88. The number of carbonyl (C=O) groups excluding carboxylic acids is 1. The lowest BCUT2D eigenvalue weighted by molar-refractivity contribution is 0.0531. The second-order valence-corrected chi connectivity index (χ2v) is 7.73. The van der Waals surface area contributed by atoms with E-state index in [1.165, 1.54) is 11.3 Å². The minimum Gasteiger partial charge on any atom is -0.489 e. The summed E-state index contributed by atoms with van der Waals surface area (Å²) in [5, 5.41) is 7.38. The van der Waals surface area contributed by atoms with Crippen LogP contribution in [0.3, 0.4) is 0 Å². The average Bonchev–Trinajstić information content (AvgIpc) is 3.09. The molecule has 2 rings (SSSR count). The lowest BCUT2D eigenvalue weighted by Gasteiger charge is -2.20. The van der Waals surface area contributed by atoms with Crippen molar-refractivity contribution >= 4 is 47.2 Å². The van der Waals surface area contributed by atoms with Gasteiger partial charge in [0, 0.05) is 7.05 Å². The number of benzene rings is 1. The van der Waals surface area contributed by atoms with E-state index in [9.17, 15) is 4.79 Å². The van der Waals surface area contributed by atoms with Crippen LogP contribution in [0.15, 0.2) is 29.3 Å². The van der Waals surface area contributed by atoms with Gasteiger partial charge in [0.2, 0.25) is 0 Å². The van der Waals surface area contributed by atoms with Crippen molar-refractivity contribution in [3.8, 4) is 5.75 Å². The molecule has 0 aliphatic heterocycles. The van der Waals surface area contributed by atoms with Crippen LogP contribution in [-0.2, 0) is 4.74 Å². The molecule has 1 aromatic heterocycles. The molecule has 2 unspecified atom stereocenters. The number of halogens is 1. The number of ether oxygens (including phenoxy) is 2. The zero-order valence-electron chi connectivity index (χ0n) is 18.3. The van der Waals surface area contributed by atoms with Crippen LogP contribution in [0.2, 0.25) is 0 Å². The van der Waals surface area contributed by atoms with Gasteiger partial charge in [0.1, 0.15) is 21.7 Å². The summed E-state index contributed by atoms with van der Waals surface area (Å²) in [6.45, 7) is 10.6. The number of nitrogens with one attached hydrogen (secondary N) is 2. The molecule has 9 heteroatoms. The second kappa shape index (κ2) is 12.7. The highest BCUT2D eigenvalue weighted by Gasteiger charge is 2.20. The molecular formula is C21H31IN4O3S. The smallest absolute Gasteiger partial charge is 0.350 e. The molecule has 0 amide bonds. The molecule has 0 radical (unpaired) electrons. The maximum atomic E-state index is 12.0. The Morgan fingerprint density at radius 3 is 2.60 bits per heavy atom. The van der Waals surface area contributed by atoms with Crippen molar-refractivity contribution in [1.29, 1.82) is 0 Å². The molecule has 2 N–H and O–H groups in total. The van der Waals surface area contributed by atoms with Crippen LogP contribution >= 0.6 is 35.3 Å². The molecule has 0 aliphatic rings. The van der Waals surface area contributed by atoms with Crippen LogP contribution in [0, 0.1) is 13.8 Å². The van der Waals surface area contributed by atoms with Crippen LogP contribution in [0.4, 0.5) is 0 Å². The third kappa shape index (κ3) is 7.42. The molecule has 0 fully saturated rings. The maximum absolute atomic E-state index is 12.0.